The molecule has 0 aromatic heterocycles. The molecule has 0 spiro atoms. The molecule has 0 fully saturated rings. The van der Waals surface area contributed by atoms with Crippen molar-refractivity contribution in [3.8, 4) is 11.5 Å². The number of esters is 1. The van der Waals surface area contributed by atoms with E-state index in [4.69, 9.17) is 10.8 Å². The van der Waals surface area contributed by atoms with E-state index in [1.807, 2.05) is 0 Å². The zero-order valence-corrected chi connectivity index (χ0v) is 10.2. The van der Waals surface area contributed by atoms with Crippen molar-refractivity contribution in [2.75, 3.05) is 0 Å². The number of carboxylic acids is 1. The van der Waals surface area contributed by atoms with Crippen LogP contribution in [0.3, 0.4) is 0 Å². The van der Waals surface area contributed by atoms with Gasteiger partial charge in [-0.15, -0.1) is 0 Å². The summed E-state index contributed by atoms with van der Waals surface area (Å²) in [6, 6.07) is 3.13. The largest absolute Gasteiger partial charge is 0.504 e. The highest BCUT2D eigenvalue weighted by molar-refractivity contribution is 5.80. The van der Waals surface area contributed by atoms with Crippen molar-refractivity contribution in [2.45, 2.75) is 25.5 Å². The fourth-order valence-corrected chi connectivity index (χ4v) is 1.37. The summed E-state index contributed by atoms with van der Waals surface area (Å²) < 4.78 is 4.61. The molecule has 0 radical (unpaired) electrons. The summed E-state index contributed by atoms with van der Waals surface area (Å²) in [5.74, 6) is -2.85. The average molecular weight is 269 g/mol. The first-order valence-corrected chi connectivity index (χ1v) is 5.51. The predicted molar refractivity (Wildman–Crippen MR) is 64.6 cm³/mol. The highest BCUT2D eigenvalue weighted by Gasteiger charge is 2.23. The van der Waals surface area contributed by atoms with E-state index in [1.54, 1.807) is 0 Å². The van der Waals surface area contributed by atoms with E-state index < -0.39 is 24.1 Å². The number of benzene rings is 1. The summed E-state index contributed by atoms with van der Waals surface area (Å²) in [4.78, 5) is 22.0. The van der Waals surface area contributed by atoms with Crippen LogP contribution in [0.4, 0.5) is 0 Å². The first kappa shape index (κ1) is 14.8. The number of phenolic OH excluding ortho intramolecular Hbond substituents is 2. The van der Waals surface area contributed by atoms with Gasteiger partial charge in [-0.1, -0.05) is 12.1 Å². The molecule has 0 aliphatic carbocycles. The molecular weight excluding hydrogens is 254 g/mol. The average Bonchev–Trinajstić information content (AvgIpc) is 2.34. The molecule has 0 saturated carbocycles. The summed E-state index contributed by atoms with van der Waals surface area (Å²) in [5, 5.41) is 27.4. The van der Waals surface area contributed by atoms with E-state index >= 15 is 0 Å². The van der Waals surface area contributed by atoms with Crippen LogP contribution >= 0.6 is 0 Å². The lowest BCUT2D eigenvalue weighted by Gasteiger charge is -2.14. The number of aliphatic carboxylic acids is 1. The Morgan fingerprint density at radius 1 is 1.37 bits per heavy atom. The van der Waals surface area contributed by atoms with Crippen molar-refractivity contribution in [1.29, 1.82) is 0 Å². The highest BCUT2D eigenvalue weighted by Crippen LogP contribution is 2.28. The Morgan fingerprint density at radius 2 is 2.00 bits per heavy atom. The fraction of sp³-hybridized carbons (Fsp3) is 0.333. The number of para-hydroxylation sites is 1. The number of hydrogen-bond donors (Lipinski definition) is 4. The number of ether oxygens (including phenoxy) is 1. The molecule has 0 bridgehead atoms. The van der Waals surface area contributed by atoms with Crippen LogP contribution < -0.4 is 5.73 Å². The first-order valence-electron chi connectivity index (χ1n) is 5.51. The number of nitrogens with two attached hydrogens (primary N) is 1. The van der Waals surface area contributed by atoms with Gasteiger partial charge < -0.3 is 25.8 Å². The molecule has 0 aliphatic rings. The van der Waals surface area contributed by atoms with E-state index in [1.165, 1.54) is 25.1 Å². The predicted octanol–water partition coefficient (Wildman–Crippen LogP) is -0.0161. The van der Waals surface area contributed by atoms with E-state index in [-0.39, 0.29) is 23.5 Å². The van der Waals surface area contributed by atoms with Gasteiger partial charge in [0, 0.05) is 6.42 Å². The van der Waals surface area contributed by atoms with E-state index in [2.05, 4.69) is 4.74 Å². The second-order valence-electron chi connectivity index (χ2n) is 4.01. The zero-order valence-electron chi connectivity index (χ0n) is 10.2. The molecule has 104 valence electrons. The lowest BCUT2D eigenvalue weighted by molar-refractivity contribution is -0.163. The molecular formula is C12H15NO6. The summed E-state index contributed by atoms with van der Waals surface area (Å²) >= 11 is 0. The van der Waals surface area contributed by atoms with Crippen molar-refractivity contribution in [2.24, 2.45) is 5.73 Å². The Morgan fingerprint density at radius 3 is 2.58 bits per heavy atom. The molecule has 7 nitrogen and oxygen atoms in total. The topological polar surface area (TPSA) is 130 Å². The second kappa shape index (κ2) is 6.05. The SMILES string of the molecule is C[C@H](OC(=O)[C@@H](N)Cc1cccc(O)c1O)C(=O)O. The monoisotopic (exact) mass is 269 g/mol. The highest BCUT2D eigenvalue weighted by atomic mass is 16.6. The summed E-state index contributed by atoms with van der Waals surface area (Å²) in [5.41, 5.74) is 5.83. The maximum atomic E-state index is 11.5. The van der Waals surface area contributed by atoms with Crippen LogP contribution in [0.15, 0.2) is 18.2 Å². The van der Waals surface area contributed by atoms with Gasteiger partial charge in [-0.05, 0) is 18.6 Å². The van der Waals surface area contributed by atoms with Crippen molar-refractivity contribution in [1.82, 2.24) is 0 Å². The van der Waals surface area contributed by atoms with Gasteiger partial charge in [-0.25, -0.2) is 4.79 Å². The minimum Gasteiger partial charge on any atom is -0.504 e. The number of aromatic hydroxyl groups is 2. The van der Waals surface area contributed by atoms with Crippen molar-refractivity contribution < 1.29 is 29.6 Å². The fourth-order valence-electron chi connectivity index (χ4n) is 1.37. The molecule has 1 aromatic carbocycles. The van der Waals surface area contributed by atoms with Gasteiger partial charge in [0.15, 0.2) is 17.6 Å². The molecule has 2 atom stereocenters. The number of carbonyl (C=O) groups excluding carboxylic acids is 1. The molecule has 1 aromatic rings. The summed E-state index contributed by atoms with van der Waals surface area (Å²) in [6.07, 6.45) is -1.37. The minimum absolute atomic E-state index is 0.0780. The van der Waals surface area contributed by atoms with Crippen molar-refractivity contribution in [3.63, 3.8) is 0 Å². The van der Waals surface area contributed by atoms with Gasteiger partial charge in [-0.3, -0.25) is 4.79 Å². The smallest absolute Gasteiger partial charge is 0.344 e. The van der Waals surface area contributed by atoms with E-state index in [0.29, 0.717) is 0 Å². The molecule has 19 heavy (non-hydrogen) atoms. The van der Waals surface area contributed by atoms with Crippen LogP contribution in [0, 0.1) is 0 Å². The van der Waals surface area contributed by atoms with E-state index in [0.717, 1.165) is 0 Å². The third kappa shape index (κ3) is 3.85. The van der Waals surface area contributed by atoms with Crippen LogP contribution in [0.25, 0.3) is 0 Å². The number of hydrogen-bond acceptors (Lipinski definition) is 6. The minimum atomic E-state index is -1.30. The Hall–Kier alpha value is -2.28. The quantitative estimate of drug-likeness (QED) is 0.436. The Kier molecular flexibility index (Phi) is 4.71. The number of carbonyl (C=O) groups is 2. The molecule has 0 saturated heterocycles. The van der Waals surface area contributed by atoms with Crippen LogP contribution in [0.2, 0.25) is 0 Å². The third-order valence-corrected chi connectivity index (χ3v) is 2.48. The van der Waals surface area contributed by atoms with E-state index in [9.17, 15) is 19.8 Å². The number of phenols is 2. The van der Waals surface area contributed by atoms with Crippen molar-refractivity contribution in [3.05, 3.63) is 23.8 Å². The molecule has 5 N–H and O–H groups in total. The van der Waals surface area contributed by atoms with Gasteiger partial charge in [0.2, 0.25) is 0 Å². The molecule has 7 heteroatoms. The van der Waals surface area contributed by atoms with Gasteiger partial charge in [0.05, 0.1) is 0 Å². The normalized spacial score (nSPS) is 13.6. The first-order chi connectivity index (χ1) is 8.82. The lowest BCUT2D eigenvalue weighted by atomic mass is 10.1. The van der Waals surface area contributed by atoms with Crippen LogP contribution in [0.1, 0.15) is 12.5 Å². The molecule has 0 unspecified atom stereocenters. The van der Waals surface area contributed by atoms with Gasteiger partial charge in [0.25, 0.3) is 0 Å². The second-order valence-corrected chi connectivity index (χ2v) is 4.01. The van der Waals surface area contributed by atoms with Gasteiger partial charge >= 0.3 is 11.9 Å². The van der Waals surface area contributed by atoms with Crippen LogP contribution in [-0.4, -0.2) is 39.4 Å². The number of carboxylic acid groups (broad SMARTS) is 1. The van der Waals surface area contributed by atoms with Crippen LogP contribution in [-0.2, 0) is 20.7 Å². The summed E-state index contributed by atoms with van der Waals surface area (Å²) in [7, 11) is 0. The Labute approximate surface area is 109 Å². The number of rotatable bonds is 5. The maximum absolute atomic E-state index is 11.5. The van der Waals surface area contributed by atoms with Crippen LogP contribution in [0.5, 0.6) is 11.5 Å². The zero-order chi connectivity index (χ0) is 14.6. The Bertz CT molecular complexity index is 487. The third-order valence-electron chi connectivity index (χ3n) is 2.48. The maximum Gasteiger partial charge on any atom is 0.344 e. The molecule has 0 heterocycles. The molecule has 1 rings (SSSR count). The lowest BCUT2D eigenvalue weighted by Crippen LogP contribution is -2.38. The molecule has 0 amide bonds. The Balaban J connectivity index is 2.69. The van der Waals surface area contributed by atoms with Gasteiger partial charge in [0.1, 0.15) is 6.04 Å². The standard InChI is InChI=1S/C12H15NO6/c1-6(11(16)17)19-12(18)8(13)5-7-3-2-4-9(14)10(7)15/h2-4,6,8,14-15H,5,13H2,1H3,(H,16,17)/t6-,8-/m0/s1. The summed E-state index contributed by atoms with van der Waals surface area (Å²) in [6.45, 7) is 1.21. The molecule has 0 aliphatic heterocycles. The van der Waals surface area contributed by atoms with Crippen molar-refractivity contribution >= 4 is 11.9 Å². The van der Waals surface area contributed by atoms with Gasteiger partial charge in [-0.2, -0.15) is 0 Å².